The Kier molecular flexibility index (Phi) is 6.88. The zero-order valence-corrected chi connectivity index (χ0v) is 17.3. The lowest BCUT2D eigenvalue weighted by molar-refractivity contribution is -0.0675. The predicted octanol–water partition coefficient (Wildman–Crippen LogP) is 5.38. The van der Waals surface area contributed by atoms with E-state index >= 15 is 4.39 Å². The molecule has 0 aliphatic carbocycles. The molecule has 1 aliphatic heterocycles. The van der Waals surface area contributed by atoms with E-state index < -0.39 is 17.7 Å². The first kappa shape index (κ1) is 22.8. The summed E-state index contributed by atoms with van der Waals surface area (Å²) in [6, 6.07) is 14.3. The van der Waals surface area contributed by atoms with Crippen LogP contribution in [0.5, 0.6) is 5.88 Å². The van der Waals surface area contributed by atoms with E-state index in [-0.39, 0.29) is 20.4 Å². The molecular formula is C23H25Cl2FN2O2. The molecule has 2 heterocycles. The van der Waals surface area contributed by atoms with E-state index in [0.717, 1.165) is 10.9 Å². The first-order chi connectivity index (χ1) is 13.9. The highest BCUT2D eigenvalue weighted by atomic mass is 35.5. The maximum Gasteiger partial charge on any atom is 0.217 e. The lowest BCUT2D eigenvalue weighted by Crippen LogP contribution is -2.55. The summed E-state index contributed by atoms with van der Waals surface area (Å²) >= 11 is 12.2. The maximum absolute atomic E-state index is 15.1. The van der Waals surface area contributed by atoms with Gasteiger partial charge in [-0.25, -0.2) is 9.37 Å². The molecule has 2 N–H and O–H groups in total. The molecule has 2 aromatic carbocycles. The Morgan fingerprint density at radius 3 is 2.53 bits per heavy atom. The summed E-state index contributed by atoms with van der Waals surface area (Å²) in [5.41, 5.74) is 0.429. The number of ether oxygens (including phenoxy) is 1. The van der Waals surface area contributed by atoms with Crippen LogP contribution in [0.25, 0.3) is 10.9 Å². The molecule has 160 valence electrons. The molecule has 0 radical (unpaired) electrons. The van der Waals surface area contributed by atoms with Crippen molar-refractivity contribution in [2.75, 3.05) is 20.2 Å². The van der Waals surface area contributed by atoms with Crippen LogP contribution in [0.4, 0.5) is 4.39 Å². The van der Waals surface area contributed by atoms with E-state index in [2.05, 4.69) is 10.3 Å². The minimum atomic E-state index is -1.62. The fourth-order valence-corrected chi connectivity index (χ4v) is 4.39. The molecule has 1 aromatic heterocycles. The van der Waals surface area contributed by atoms with Crippen LogP contribution >= 0.6 is 23.2 Å². The number of hydrogen-bond acceptors (Lipinski definition) is 4. The van der Waals surface area contributed by atoms with Crippen molar-refractivity contribution in [3.05, 3.63) is 69.7 Å². The largest absolute Gasteiger partial charge is 0.481 e. The third-order valence-corrected chi connectivity index (χ3v) is 6.03. The zero-order chi connectivity index (χ0) is 20.6. The Bertz CT molecular complexity index is 1030. The lowest BCUT2D eigenvalue weighted by atomic mass is 9.71. The quantitative estimate of drug-likeness (QED) is 0.559. The number of methoxy groups -OCH3 is 1. The van der Waals surface area contributed by atoms with Gasteiger partial charge in [-0.2, -0.15) is 0 Å². The van der Waals surface area contributed by atoms with E-state index in [1.54, 1.807) is 42.5 Å². The molecular weight excluding hydrogens is 426 g/mol. The van der Waals surface area contributed by atoms with Crippen molar-refractivity contribution in [3.8, 4) is 5.88 Å². The van der Waals surface area contributed by atoms with Gasteiger partial charge in [0.25, 0.3) is 0 Å². The number of alkyl halides is 1. The van der Waals surface area contributed by atoms with Gasteiger partial charge in [0.1, 0.15) is 11.8 Å². The summed E-state index contributed by atoms with van der Waals surface area (Å²) in [7, 11) is 1.52. The van der Waals surface area contributed by atoms with Crippen molar-refractivity contribution < 1.29 is 14.2 Å². The van der Waals surface area contributed by atoms with Crippen molar-refractivity contribution in [1.82, 2.24) is 10.3 Å². The molecule has 3 atom stereocenters. The van der Waals surface area contributed by atoms with Crippen molar-refractivity contribution in [3.63, 3.8) is 0 Å². The van der Waals surface area contributed by atoms with E-state index in [9.17, 15) is 5.11 Å². The Labute approximate surface area is 186 Å². The second kappa shape index (κ2) is 9.06. The first-order valence-corrected chi connectivity index (χ1v) is 10.1. The van der Waals surface area contributed by atoms with Gasteiger partial charge in [-0.05, 0) is 54.9 Å². The third kappa shape index (κ3) is 4.12. The second-order valence-corrected chi connectivity index (χ2v) is 8.19. The number of rotatable bonds is 4. The van der Waals surface area contributed by atoms with Gasteiger partial charge < -0.3 is 15.2 Å². The Balaban J connectivity index is 0.00000256. The molecule has 1 saturated heterocycles. The summed E-state index contributed by atoms with van der Waals surface area (Å²) in [5.74, 6) is -0.346. The monoisotopic (exact) mass is 450 g/mol. The standard InChI is InChI=1S/C22H21Cl2FN2O2.CH4/c1-29-21-17(11-14-10-16(24)6-7-18(14)27-21)20(13-2-4-15(23)5-3-13)22(28)8-9-26-12-19(22)25;/h2-7,10-11,19-20,26,28H,8-9,12H2,1H3;1H4. The van der Waals surface area contributed by atoms with Crippen LogP contribution in [-0.2, 0) is 0 Å². The highest BCUT2D eigenvalue weighted by molar-refractivity contribution is 6.31. The molecule has 4 nitrogen and oxygen atoms in total. The van der Waals surface area contributed by atoms with Crippen molar-refractivity contribution in [2.45, 2.75) is 31.5 Å². The average molecular weight is 451 g/mol. The van der Waals surface area contributed by atoms with Crippen LogP contribution in [0.3, 0.4) is 0 Å². The number of pyridine rings is 1. The lowest BCUT2D eigenvalue weighted by Gasteiger charge is -2.42. The number of benzene rings is 2. The SMILES string of the molecule is C.COc1nc2ccc(Cl)cc2cc1C(c1ccc(Cl)cc1)C1(O)CCNCC1F. The fourth-order valence-electron chi connectivity index (χ4n) is 4.08. The maximum atomic E-state index is 15.1. The molecule has 1 aliphatic rings. The zero-order valence-electron chi connectivity index (χ0n) is 15.8. The Morgan fingerprint density at radius 1 is 1.17 bits per heavy atom. The topological polar surface area (TPSA) is 54.4 Å². The summed E-state index contributed by atoms with van der Waals surface area (Å²) in [4.78, 5) is 4.59. The van der Waals surface area contributed by atoms with Gasteiger partial charge in [-0.1, -0.05) is 42.8 Å². The first-order valence-electron chi connectivity index (χ1n) is 9.39. The van der Waals surface area contributed by atoms with E-state index in [4.69, 9.17) is 27.9 Å². The molecule has 1 fully saturated rings. The van der Waals surface area contributed by atoms with E-state index in [0.29, 0.717) is 33.6 Å². The highest BCUT2D eigenvalue weighted by Crippen LogP contribution is 2.45. The van der Waals surface area contributed by atoms with Crippen LogP contribution in [-0.4, -0.2) is 42.1 Å². The molecule has 7 heteroatoms. The molecule has 0 spiro atoms. The normalized spacial score (nSPS) is 22.4. The van der Waals surface area contributed by atoms with Crippen molar-refractivity contribution in [2.24, 2.45) is 0 Å². The minimum Gasteiger partial charge on any atom is -0.481 e. The fraction of sp³-hybridized carbons (Fsp3) is 0.348. The number of nitrogens with one attached hydrogen (secondary N) is 1. The number of fused-ring (bicyclic) bond motifs is 1. The summed E-state index contributed by atoms with van der Waals surface area (Å²) in [6.45, 7) is 0.589. The van der Waals surface area contributed by atoms with Crippen LogP contribution < -0.4 is 10.1 Å². The van der Waals surface area contributed by atoms with Gasteiger partial charge in [0, 0.05) is 33.5 Å². The average Bonchev–Trinajstić information content (AvgIpc) is 2.71. The number of halogens is 3. The van der Waals surface area contributed by atoms with E-state index in [1.807, 2.05) is 6.07 Å². The number of hydrogen-bond donors (Lipinski definition) is 2. The van der Waals surface area contributed by atoms with Crippen LogP contribution in [0.2, 0.25) is 10.0 Å². The number of piperidine rings is 1. The molecule has 0 amide bonds. The van der Waals surface area contributed by atoms with Crippen molar-refractivity contribution >= 4 is 34.1 Å². The Morgan fingerprint density at radius 2 is 1.87 bits per heavy atom. The van der Waals surface area contributed by atoms with Gasteiger partial charge in [-0.15, -0.1) is 0 Å². The van der Waals surface area contributed by atoms with Gasteiger partial charge in [0.15, 0.2) is 0 Å². The summed E-state index contributed by atoms with van der Waals surface area (Å²) < 4.78 is 20.7. The molecule has 4 rings (SSSR count). The van der Waals surface area contributed by atoms with Crippen LogP contribution in [0, 0.1) is 0 Å². The molecule has 0 saturated carbocycles. The van der Waals surface area contributed by atoms with Crippen molar-refractivity contribution in [1.29, 1.82) is 0 Å². The highest BCUT2D eigenvalue weighted by Gasteiger charge is 2.48. The summed E-state index contributed by atoms with van der Waals surface area (Å²) in [6.07, 6.45) is -1.21. The molecule has 30 heavy (non-hydrogen) atoms. The molecule has 3 aromatic rings. The van der Waals surface area contributed by atoms with Gasteiger partial charge in [0.2, 0.25) is 5.88 Å². The van der Waals surface area contributed by atoms with Gasteiger partial charge in [-0.3, -0.25) is 0 Å². The van der Waals surface area contributed by atoms with Gasteiger partial charge in [0.05, 0.1) is 12.6 Å². The predicted molar refractivity (Wildman–Crippen MR) is 121 cm³/mol. The second-order valence-electron chi connectivity index (χ2n) is 7.32. The van der Waals surface area contributed by atoms with Crippen LogP contribution in [0.1, 0.15) is 30.9 Å². The number of aliphatic hydroxyl groups is 1. The van der Waals surface area contributed by atoms with Crippen LogP contribution in [0.15, 0.2) is 48.5 Å². The smallest absolute Gasteiger partial charge is 0.217 e. The molecule has 3 unspecified atom stereocenters. The van der Waals surface area contributed by atoms with Gasteiger partial charge >= 0.3 is 0 Å². The Hall–Kier alpha value is -1.92. The third-order valence-electron chi connectivity index (χ3n) is 5.55. The molecule has 0 bridgehead atoms. The summed E-state index contributed by atoms with van der Waals surface area (Å²) in [5, 5.41) is 16.5. The number of nitrogens with zero attached hydrogens (tertiary/aromatic N) is 1. The minimum absolute atomic E-state index is 0. The number of aromatic nitrogens is 1. The van der Waals surface area contributed by atoms with E-state index in [1.165, 1.54) is 7.11 Å².